The number of nitrogens with one attached hydrogen (secondary N) is 2. The molecular formula is C24H25ClN2O7S. The number of ether oxygens (including phenoxy) is 2. The molecule has 3 aromatic rings. The molecule has 0 aliphatic rings. The summed E-state index contributed by atoms with van der Waals surface area (Å²) < 4.78 is 38.9. The second-order valence-electron chi connectivity index (χ2n) is 7.61. The minimum absolute atomic E-state index is 0.166. The van der Waals surface area contributed by atoms with Crippen LogP contribution in [0.3, 0.4) is 0 Å². The van der Waals surface area contributed by atoms with Crippen molar-refractivity contribution in [2.75, 3.05) is 20.8 Å². The summed E-state index contributed by atoms with van der Waals surface area (Å²) in [7, 11) is -1.39. The van der Waals surface area contributed by atoms with Crippen LogP contribution in [0.1, 0.15) is 12.0 Å². The molecule has 1 amide bonds. The fourth-order valence-corrected chi connectivity index (χ4v) is 5.09. The number of methoxy groups -OCH3 is 2. The van der Waals surface area contributed by atoms with E-state index in [-0.39, 0.29) is 16.5 Å². The maximum absolute atomic E-state index is 13.1. The van der Waals surface area contributed by atoms with E-state index in [1.54, 1.807) is 6.07 Å². The highest BCUT2D eigenvalue weighted by Crippen LogP contribution is 2.41. The Bertz CT molecular complexity index is 1330. The summed E-state index contributed by atoms with van der Waals surface area (Å²) in [6.45, 7) is 0.219. The Hall–Kier alpha value is -3.34. The molecule has 3 rings (SSSR count). The van der Waals surface area contributed by atoms with Crippen LogP contribution in [0.2, 0.25) is 5.02 Å². The summed E-state index contributed by atoms with van der Waals surface area (Å²) >= 11 is 6.38. The molecule has 0 spiro atoms. The van der Waals surface area contributed by atoms with Gasteiger partial charge in [-0.05, 0) is 35.6 Å². The van der Waals surface area contributed by atoms with Crippen LogP contribution in [0.25, 0.3) is 10.8 Å². The Labute approximate surface area is 208 Å². The van der Waals surface area contributed by atoms with Crippen LogP contribution < -0.4 is 19.5 Å². The predicted molar refractivity (Wildman–Crippen MR) is 132 cm³/mol. The first-order valence-corrected chi connectivity index (χ1v) is 12.4. The number of hydrogen-bond acceptors (Lipinski definition) is 6. The second kappa shape index (κ2) is 11.4. The summed E-state index contributed by atoms with van der Waals surface area (Å²) in [5.41, 5.74) is 0.977. The molecule has 35 heavy (non-hydrogen) atoms. The van der Waals surface area contributed by atoms with Crippen LogP contribution in [-0.2, 0) is 26.0 Å². The van der Waals surface area contributed by atoms with Gasteiger partial charge in [-0.25, -0.2) is 8.42 Å². The highest BCUT2D eigenvalue weighted by molar-refractivity contribution is 7.89. The smallest absolute Gasteiger partial charge is 0.305 e. The van der Waals surface area contributed by atoms with Gasteiger partial charge in [-0.2, -0.15) is 4.72 Å². The van der Waals surface area contributed by atoms with Crippen LogP contribution in [0.15, 0.2) is 59.5 Å². The maximum Gasteiger partial charge on any atom is 0.305 e. The fraction of sp³-hybridized carbons (Fsp3) is 0.250. The first-order chi connectivity index (χ1) is 16.7. The number of sulfonamides is 1. The number of carboxylic acid groups (broad SMARTS) is 1. The van der Waals surface area contributed by atoms with Gasteiger partial charge in [0.05, 0.1) is 30.6 Å². The summed E-state index contributed by atoms with van der Waals surface area (Å²) in [6, 6.07) is 13.6. The van der Waals surface area contributed by atoms with E-state index in [0.29, 0.717) is 28.7 Å². The van der Waals surface area contributed by atoms with Gasteiger partial charge in [0.15, 0.2) is 11.5 Å². The number of carbonyl (C=O) groups is 2. The van der Waals surface area contributed by atoms with Gasteiger partial charge in [0, 0.05) is 11.9 Å². The number of rotatable bonds is 11. The van der Waals surface area contributed by atoms with Gasteiger partial charge in [-0.3, -0.25) is 9.59 Å². The number of hydrogen-bond donors (Lipinski definition) is 3. The SMILES string of the molecule is COc1cc2cc(S(=O)(=O)N[C@@H](CC(=O)O)C(=O)NCCc3ccccc3)ccc2c(Cl)c1OC. The van der Waals surface area contributed by atoms with Crippen molar-refractivity contribution in [2.24, 2.45) is 0 Å². The normalized spacial score (nSPS) is 12.2. The number of benzene rings is 3. The van der Waals surface area contributed by atoms with E-state index in [2.05, 4.69) is 10.0 Å². The lowest BCUT2D eigenvalue weighted by Crippen LogP contribution is -2.48. The second-order valence-corrected chi connectivity index (χ2v) is 9.70. The molecule has 0 fully saturated rings. The van der Waals surface area contributed by atoms with Crippen molar-refractivity contribution in [3.05, 3.63) is 65.2 Å². The lowest BCUT2D eigenvalue weighted by atomic mass is 10.1. The molecule has 186 valence electrons. The number of amides is 1. The summed E-state index contributed by atoms with van der Waals surface area (Å²) in [4.78, 5) is 23.8. The molecule has 0 bridgehead atoms. The molecular weight excluding hydrogens is 496 g/mol. The molecule has 0 radical (unpaired) electrons. The van der Waals surface area contributed by atoms with E-state index in [1.165, 1.54) is 32.4 Å². The lowest BCUT2D eigenvalue weighted by Gasteiger charge is -2.18. The van der Waals surface area contributed by atoms with E-state index in [4.69, 9.17) is 21.1 Å². The Morgan fingerprint density at radius 2 is 1.77 bits per heavy atom. The third-order valence-electron chi connectivity index (χ3n) is 5.25. The first kappa shape index (κ1) is 26.3. The Balaban J connectivity index is 1.82. The molecule has 0 unspecified atom stereocenters. The van der Waals surface area contributed by atoms with Crippen molar-refractivity contribution in [3.8, 4) is 11.5 Å². The summed E-state index contributed by atoms with van der Waals surface area (Å²) in [6.07, 6.45) is -0.212. The van der Waals surface area contributed by atoms with Gasteiger partial charge in [-0.1, -0.05) is 48.0 Å². The van der Waals surface area contributed by atoms with Crippen molar-refractivity contribution in [2.45, 2.75) is 23.8 Å². The molecule has 0 aliphatic heterocycles. The number of carboxylic acids is 1. The van der Waals surface area contributed by atoms with Crippen molar-refractivity contribution >= 4 is 44.3 Å². The van der Waals surface area contributed by atoms with E-state index in [9.17, 15) is 23.1 Å². The van der Waals surface area contributed by atoms with E-state index >= 15 is 0 Å². The average molecular weight is 521 g/mol. The van der Waals surface area contributed by atoms with Crippen molar-refractivity contribution in [3.63, 3.8) is 0 Å². The highest BCUT2D eigenvalue weighted by atomic mass is 35.5. The van der Waals surface area contributed by atoms with Crippen molar-refractivity contribution in [1.82, 2.24) is 10.0 Å². The molecule has 0 aromatic heterocycles. The monoisotopic (exact) mass is 520 g/mol. The zero-order chi connectivity index (χ0) is 25.6. The zero-order valence-electron chi connectivity index (χ0n) is 19.1. The number of carbonyl (C=O) groups excluding carboxylic acids is 1. The largest absolute Gasteiger partial charge is 0.493 e. The third-order valence-corrected chi connectivity index (χ3v) is 7.10. The van der Waals surface area contributed by atoms with Crippen molar-refractivity contribution < 1.29 is 32.6 Å². The zero-order valence-corrected chi connectivity index (χ0v) is 20.7. The van der Waals surface area contributed by atoms with Crippen LogP contribution in [0.4, 0.5) is 0 Å². The van der Waals surface area contributed by atoms with Gasteiger partial charge in [0.1, 0.15) is 6.04 Å². The van der Waals surface area contributed by atoms with Gasteiger partial charge in [0.2, 0.25) is 15.9 Å². The van der Waals surface area contributed by atoms with Gasteiger partial charge < -0.3 is 19.9 Å². The average Bonchev–Trinajstić information content (AvgIpc) is 2.83. The summed E-state index contributed by atoms with van der Waals surface area (Å²) in [5, 5.41) is 13.1. The van der Waals surface area contributed by atoms with E-state index in [0.717, 1.165) is 5.56 Å². The predicted octanol–water partition coefficient (Wildman–Crippen LogP) is 2.99. The van der Waals surface area contributed by atoms with Gasteiger partial charge in [0.25, 0.3) is 0 Å². The molecule has 3 aromatic carbocycles. The molecule has 11 heteroatoms. The Morgan fingerprint density at radius 1 is 1.06 bits per heavy atom. The minimum Gasteiger partial charge on any atom is -0.493 e. The van der Waals surface area contributed by atoms with Crippen LogP contribution in [0.5, 0.6) is 11.5 Å². The summed E-state index contributed by atoms with van der Waals surface area (Å²) in [5.74, 6) is -1.43. The lowest BCUT2D eigenvalue weighted by molar-refractivity contribution is -0.139. The molecule has 0 aliphatic carbocycles. The van der Waals surface area contributed by atoms with Crippen molar-refractivity contribution in [1.29, 1.82) is 0 Å². The molecule has 1 atom stereocenters. The number of aliphatic carboxylic acids is 1. The molecule has 0 saturated carbocycles. The number of halogens is 1. The molecule has 3 N–H and O–H groups in total. The first-order valence-electron chi connectivity index (χ1n) is 10.6. The number of fused-ring (bicyclic) bond motifs is 1. The Morgan fingerprint density at radius 3 is 2.40 bits per heavy atom. The van der Waals surface area contributed by atoms with Crippen LogP contribution >= 0.6 is 11.6 Å². The molecule has 9 nitrogen and oxygen atoms in total. The minimum atomic E-state index is -4.26. The van der Waals surface area contributed by atoms with E-state index in [1.807, 2.05) is 30.3 Å². The topological polar surface area (TPSA) is 131 Å². The van der Waals surface area contributed by atoms with Crippen LogP contribution in [-0.4, -0.2) is 52.2 Å². The van der Waals surface area contributed by atoms with Gasteiger partial charge in [-0.15, -0.1) is 0 Å². The van der Waals surface area contributed by atoms with Gasteiger partial charge >= 0.3 is 5.97 Å². The quantitative estimate of drug-likeness (QED) is 0.354. The van der Waals surface area contributed by atoms with Crippen LogP contribution in [0, 0.1) is 0 Å². The van der Waals surface area contributed by atoms with E-state index < -0.39 is 34.4 Å². The third kappa shape index (κ3) is 6.41. The highest BCUT2D eigenvalue weighted by Gasteiger charge is 2.28. The Kier molecular flexibility index (Phi) is 8.55. The standard InChI is InChI=1S/C24H25ClN2O7S/c1-33-20-13-16-12-17(8-9-18(16)22(25)23(20)34-2)35(31,32)27-19(14-21(28)29)24(30)26-11-10-15-6-4-3-5-7-15/h3-9,12-13,19,27H,10-11,14H2,1-2H3,(H,26,30)(H,28,29)/t19-/m0/s1. The molecule has 0 heterocycles. The fourth-order valence-electron chi connectivity index (χ4n) is 3.52. The maximum atomic E-state index is 13.1. The molecule has 0 saturated heterocycles.